The maximum atomic E-state index is 14.1. The first-order chi connectivity index (χ1) is 9.00. The van der Waals surface area contributed by atoms with Crippen LogP contribution in [-0.4, -0.2) is 38.1 Å². The molecule has 4 heteroatoms. The SMILES string of the molecule is CN(CC1(N(C)C)CCC1)c1c(F)cccc1CN. The van der Waals surface area contributed by atoms with E-state index in [1.54, 1.807) is 6.07 Å². The molecule has 1 fully saturated rings. The van der Waals surface area contributed by atoms with Crippen LogP contribution in [0.4, 0.5) is 10.1 Å². The third-order valence-corrected chi connectivity index (χ3v) is 4.44. The van der Waals surface area contributed by atoms with Crippen LogP contribution in [0, 0.1) is 5.82 Å². The van der Waals surface area contributed by atoms with E-state index >= 15 is 0 Å². The van der Waals surface area contributed by atoms with Crippen LogP contribution in [0.2, 0.25) is 0 Å². The van der Waals surface area contributed by atoms with E-state index in [2.05, 4.69) is 19.0 Å². The van der Waals surface area contributed by atoms with Gasteiger partial charge in [-0.2, -0.15) is 0 Å². The van der Waals surface area contributed by atoms with Crippen molar-refractivity contribution in [2.45, 2.75) is 31.3 Å². The zero-order chi connectivity index (χ0) is 14.0. The number of nitrogens with zero attached hydrogens (tertiary/aromatic N) is 2. The Morgan fingerprint density at radius 1 is 1.26 bits per heavy atom. The molecule has 106 valence electrons. The van der Waals surface area contributed by atoms with Crippen LogP contribution in [0.15, 0.2) is 18.2 Å². The monoisotopic (exact) mass is 265 g/mol. The van der Waals surface area contributed by atoms with Crippen molar-refractivity contribution < 1.29 is 4.39 Å². The van der Waals surface area contributed by atoms with Gasteiger partial charge in [0.1, 0.15) is 5.82 Å². The second-order valence-corrected chi connectivity index (χ2v) is 5.78. The van der Waals surface area contributed by atoms with E-state index in [9.17, 15) is 4.39 Å². The summed E-state index contributed by atoms with van der Waals surface area (Å²) >= 11 is 0. The van der Waals surface area contributed by atoms with E-state index in [0.29, 0.717) is 12.2 Å². The van der Waals surface area contributed by atoms with E-state index < -0.39 is 0 Å². The fourth-order valence-corrected chi connectivity index (χ4v) is 3.00. The first kappa shape index (κ1) is 14.3. The molecule has 0 unspecified atom stereocenters. The van der Waals surface area contributed by atoms with E-state index in [1.165, 1.54) is 25.3 Å². The summed E-state index contributed by atoms with van der Waals surface area (Å²) in [5, 5.41) is 0. The van der Waals surface area contributed by atoms with Crippen molar-refractivity contribution in [2.24, 2.45) is 5.73 Å². The minimum atomic E-state index is -0.182. The highest BCUT2D eigenvalue weighted by molar-refractivity contribution is 5.54. The van der Waals surface area contributed by atoms with E-state index in [4.69, 9.17) is 5.73 Å². The first-order valence-electron chi connectivity index (χ1n) is 6.86. The maximum absolute atomic E-state index is 14.1. The highest BCUT2D eigenvalue weighted by Crippen LogP contribution is 2.38. The molecular weight excluding hydrogens is 241 g/mol. The van der Waals surface area contributed by atoms with Crippen LogP contribution in [0.25, 0.3) is 0 Å². The number of halogens is 1. The van der Waals surface area contributed by atoms with Gasteiger partial charge in [0.15, 0.2) is 0 Å². The van der Waals surface area contributed by atoms with Gasteiger partial charge in [0.05, 0.1) is 5.69 Å². The van der Waals surface area contributed by atoms with Crippen molar-refractivity contribution in [3.8, 4) is 0 Å². The molecule has 2 rings (SSSR count). The van der Waals surface area contributed by atoms with E-state index in [0.717, 1.165) is 12.1 Å². The third-order valence-electron chi connectivity index (χ3n) is 4.44. The molecule has 0 amide bonds. The van der Waals surface area contributed by atoms with Crippen molar-refractivity contribution in [2.75, 3.05) is 32.6 Å². The minimum absolute atomic E-state index is 0.182. The molecule has 1 aliphatic carbocycles. The molecule has 0 radical (unpaired) electrons. The summed E-state index contributed by atoms with van der Waals surface area (Å²) in [5.74, 6) is -0.182. The standard InChI is InChI=1S/C15H24FN3/c1-18(2)15(8-5-9-15)11-19(3)14-12(10-17)6-4-7-13(14)16/h4,6-7H,5,8-11,17H2,1-3H3. The smallest absolute Gasteiger partial charge is 0.146 e. The fourth-order valence-electron chi connectivity index (χ4n) is 3.00. The average Bonchev–Trinajstić information content (AvgIpc) is 2.32. The normalized spacial score (nSPS) is 17.4. The summed E-state index contributed by atoms with van der Waals surface area (Å²) in [6.07, 6.45) is 3.61. The fraction of sp³-hybridized carbons (Fsp3) is 0.600. The third kappa shape index (κ3) is 2.60. The average molecular weight is 265 g/mol. The van der Waals surface area contributed by atoms with Crippen LogP contribution in [-0.2, 0) is 6.54 Å². The summed E-state index contributed by atoms with van der Waals surface area (Å²) in [5.41, 5.74) is 7.43. The quantitative estimate of drug-likeness (QED) is 0.886. The summed E-state index contributed by atoms with van der Waals surface area (Å²) in [6.45, 7) is 1.21. The lowest BCUT2D eigenvalue weighted by Gasteiger charge is -2.49. The molecule has 0 atom stereocenters. The molecule has 3 nitrogen and oxygen atoms in total. The second kappa shape index (κ2) is 5.47. The summed E-state index contributed by atoms with van der Waals surface area (Å²) in [4.78, 5) is 4.30. The Morgan fingerprint density at radius 2 is 1.95 bits per heavy atom. The molecule has 0 spiro atoms. The van der Waals surface area contributed by atoms with Gasteiger partial charge in [0.2, 0.25) is 0 Å². The van der Waals surface area contributed by atoms with Crippen LogP contribution in [0.5, 0.6) is 0 Å². The second-order valence-electron chi connectivity index (χ2n) is 5.78. The molecule has 19 heavy (non-hydrogen) atoms. The van der Waals surface area contributed by atoms with Gasteiger partial charge in [-0.1, -0.05) is 12.1 Å². The predicted octanol–water partition coefficient (Wildman–Crippen LogP) is 2.20. The Kier molecular flexibility index (Phi) is 4.11. The summed E-state index contributed by atoms with van der Waals surface area (Å²) in [7, 11) is 6.18. The Labute approximate surface area is 115 Å². The van der Waals surface area contributed by atoms with Gasteiger partial charge in [-0.3, -0.25) is 0 Å². The molecule has 0 heterocycles. The molecule has 1 saturated carbocycles. The van der Waals surface area contributed by atoms with Gasteiger partial charge in [-0.15, -0.1) is 0 Å². The topological polar surface area (TPSA) is 32.5 Å². The minimum Gasteiger partial charge on any atom is -0.370 e. The number of anilines is 1. The number of nitrogens with two attached hydrogens (primary N) is 1. The molecule has 0 bridgehead atoms. The van der Waals surface area contributed by atoms with Crippen molar-refractivity contribution in [3.63, 3.8) is 0 Å². The predicted molar refractivity (Wildman–Crippen MR) is 77.8 cm³/mol. The number of likely N-dealkylation sites (N-methyl/N-ethyl adjacent to an activating group) is 2. The van der Waals surface area contributed by atoms with Gasteiger partial charge in [-0.05, 0) is 45.0 Å². The van der Waals surface area contributed by atoms with Crippen LogP contribution >= 0.6 is 0 Å². The molecule has 2 N–H and O–H groups in total. The van der Waals surface area contributed by atoms with Gasteiger partial charge >= 0.3 is 0 Å². The van der Waals surface area contributed by atoms with Crippen LogP contribution in [0.3, 0.4) is 0 Å². The molecule has 0 aromatic heterocycles. The van der Waals surface area contributed by atoms with Gasteiger partial charge in [-0.25, -0.2) is 4.39 Å². The van der Waals surface area contributed by atoms with Gasteiger partial charge < -0.3 is 15.5 Å². The number of hydrogen-bond acceptors (Lipinski definition) is 3. The van der Waals surface area contributed by atoms with Gasteiger partial charge in [0.25, 0.3) is 0 Å². The molecule has 1 aliphatic rings. The molecular formula is C15H24FN3. The Hall–Kier alpha value is -1.13. The number of rotatable bonds is 5. The number of para-hydroxylation sites is 1. The van der Waals surface area contributed by atoms with Crippen molar-refractivity contribution in [1.29, 1.82) is 0 Å². The van der Waals surface area contributed by atoms with E-state index in [1.807, 2.05) is 18.0 Å². The molecule has 0 aliphatic heterocycles. The lowest BCUT2D eigenvalue weighted by molar-refractivity contribution is 0.0682. The van der Waals surface area contributed by atoms with Crippen molar-refractivity contribution >= 4 is 5.69 Å². The van der Waals surface area contributed by atoms with Crippen LogP contribution in [0.1, 0.15) is 24.8 Å². The Morgan fingerprint density at radius 3 is 2.42 bits per heavy atom. The summed E-state index contributed by atoms with van der Waals surface area (Å²) in [6, 6.07) is 5.13. The van der Waals surface area contributed by atoms with Gasteiger partial charge in [0, 0.05) is 25.7 Å². The largest absolute Gasteiger partial charge is 0.370 e. The molecule has 1 aromatic carbocycles. The molecule has 0 saturated heterocycles. The Balaban J connectivity index is 2.22. The van der Waals surface area contributed by atoms with E-state index in [-0.39, 0.29) is 11.4 Å². The highest BCUT2D eigenvalue weighted by atomic mass is 19.1. The number of benzene rings is 1. The zero-order valence-corrected chi connectivity index (χ0v) is 12.1. The highest BCUT2D eigenvalue weighted by Gasteiger charge is 2.40. The van der Waals surface area contributed by atoms with Crippen molar-refractivity contribution in [3.05, 3.63) is 29.6 Å². The van der Waals surface area contributed by atoms with Crippen molar-refractivity contribution in [1.82, 2.24) is 4.90 Å². The lowest BCUT2D eigenvalue weighted by atomic mass is 9.75. The molecule has 1 aromatic rings. The Bertz CT molecular complexity index is 441. The zero-order valence-electron chi connectivity index (χ0n) is 12.1. The van der Waals surface area contributed by atoms with Crippen LogP contribution < -0.4 is 10.6 Å². The maximum Gasteiger partial charge on any atom is 0.146 e. The lowest BCUT2D eigenvalue weighted by Crippen LogP contribution is -2.57. The number of hydrogen-bond donors (Lipinski definition) is 1. The first-order valence-corrected chi connectivity index (χ1v) is 6.86. The summed E-state index contributed by atoms with van der Waals surface area (Å²) < 4.78 is 14.1.